The summed E-state index contributed by atoms with van der Waals surface area (Å²) in [7, 11) is 0. The van der Waals surface area contributed by atoms with Crippen LogP contribution in [-0.2, 0) is 5.54 Å². The molecule has 0 bridgehead atoms. The molecule has 0 radical (unpaired) electrons. The molecule has 7 heteroatoms. The van der Waals surface area contributed by atoms with Crippen molar-refractivity contribution >= 4 is 5.69 Å². The van der Waals surface area contributed by atoms with E-state index in [1.54, 1.807) is 12.1 Å². The highest BCUT2D eigenvalue weighted by Gasteiger charge is 2.35. The predicted octanol–water partition coefficient (Wildman–Crippen LogP) is 3.07. The summed E-state index contributed by atoms with van der Waals surface area (Å²) in [6.07, 6.45) is 4.84. The lowest BCUT2D eigenvalue weighted by atomic mass is 9.82. The SMILES string of the molecule is Cc1ccc([N+](=O)[O-])c(-c2nc(C3(N)CCCCC3)no2)c1. The van der Waals surface area contributed by atoms with Gasteiger partial charge in [-0.25, -0.2) is 0 Å². The van der Waals surface area contributed by atoms with Crippen molar-refractivity contribution in [1.29, 1.82) is 0 Å². The number of aryl methyl sites for hydroxylation is 1. The Balaban J connectivity index is 2.01. The van der Waals surface area contributed by atoms with E-state index in [0.29, 0.717) is 11.4 Å². The average Bonchev–Trinajstić information content (AvgIpc) is 2.98. The Labute approximate surface area is 127 Å². The number of hydrogen-bond donors (Lipinski definition) is 1. The van der Waals surface area contributed by atoms with Gasteiger partial charge in [0.15, 0.2) is 5.82 Å². The molecule has 0 unspecified atom stereocenters. The first-order chi connectivity index (χ1) is 10.5. The average molecular weight is 302 g/mol. The van der Waals surface area contributed by atoms with Crippen molar-refractivity contribution in [2.24, 2.45) is 5.73 Å². The fourth-order valence-electron chi connectivity index (χ4n) is 2.92. The van der Waals surface area contributed by atoms with Crippen LogP contribution < -0.4 is 5.73 Å². The predicted molar refractivity (Wildman–Crippen MR) is 80.1 cm³/mol. The van der Waals surface area contributed by atoms with Crippen LogP contribution in [0.25, 0.3) is 11.5 Å². The van der Waals surface area contributed by atoms with E-state index in [2.05, 4.69) is 10.1 Å². The Morgan fingerprint density at radius 1 is 1.32 bits per heavy atom. The van der Waals surface area contributed by atoms with Crippen molar-refractivity contribution in [3.05, 3.63) is 39.7 Å². The van der Waals surface area contributed by atoms with E-state index < -0.39 is 10.5 Å². The van der Waals surface area contributed by atoms with Gasteiger partial charge in [0, 0.05) is 6.07 Å². The van der Waals surface area contributed by atoms with E-state index in [4.69, 9.17) is 10.3 Å². The van der Waals surface area contributed by atoms with E-state index >= 15 is 0 Å². The van der Waals surface area contributed by atoms with Crippen molar-refractivity contribution in [3.8, 4) is 11.5 Å². The van der Waals surface area contributed by atoms with Gasteiger partial charge in [0.25, 0.3) is 11.6 Å². The molecular weight excluding hydrogens is 284 g/mol. The largest absolute Gasteiger partial charge is 0.334 e. The topological polar surface area (TPSA) is 108 Å². The maximum atomic E-state index is 11.2. The summed E-state index contributed by atoms with van der Waals surface area (Å²) >= 11 is 0. The summed E-state index contributed by atoms with van der Waals surface area (Å²) in [5.74, 6) is 0.596. The van der Waals surface area contributed by atoms with Gasteiger partial charge < -0.3 is 10.3 Å². The Morgan fingerprint density at radius 2 is 2.05 bits per heavy atom. The Bertz CT molecular complexity index is 705. The molecule has 0 amide bonds. The second-order valence-electron chi connectivity index (χ2n) is 5.92. The van der Waals surface area contributed by atoms with E-state index in [1.807, 2.05) is 6.92 Å². The van der Waals surface area contributed by atoms with Crippen molar-refractivity contribution in [1.82, 2.24) is 10.1 Å². The van der Waals surface area contributed by atoms with Crippen molar-refractivity contribution < 1.29 is 9.45 Å². The standard InChI is InChI=1S/C15H18N4O3/c1-10-5-6-12(19(20)21)11(9-10)13-17-14(18-22-13)15(16)7-3-2-4-8-15/h5-6,9H,2-4,7-8,16H2,1H3. The van der Waals surface area contributed by atoms with Gasteiger partial charge in [0.1, 0.15) is 5.56 Å². The van der Waals surface area contributed by atoms with Crippen LogP contribution in [0.5, 0.6) is 0 Å². The summed E-state index contributed by atoms with van der Waals surface area (Å²) in [6.45, 7) is 1.86. The molecular formula is C15H18N4O3. The Kier molecular flexibility index (Phi) is 3.66. The molecule has 1 aromatic carbocycles. The summed E-state index contributed by atoms with van der Waals surface area (Å²) in [5, 5.41) is 15.2. The summed E-state index contributed by atoms with van der Waals surface area (Å²) < 4.78 is 5.27. The zero-order valence-corrected chi connectivity index (χ0v) is 12.4. The second kappa shape index (κ2) is 5.49. The van der Waals surface area contributed by atoms with Gasteiger partial charge in [-0.2, -0.15) is 4.98 Å². The summed E-state index contributed by atoms with van der Waals surface area (Å²) in [6, 6.07) is 4.82. The van der Waals surface area contributed by atoms with Crippen LogP contribution >= 0.6 is 0 Å². The fraction of sp³-hybridized carbons (Fsp3) is 0.467. The molecule has 1 fully saturated rings. The normalized spacial score (nSPS) is 17.4. The zero-order valence-electron chi connectivity index (χ0n) is 12.4. The molecule has 1 aliphatic rings. The molecule has 0 aliphatic heterocycles. The molecule has 22 heavy (non-hydrogen) atoms. The summed E-state index contributed by atoms with van der Waals surface area (Å²) in [5.41, 5.74) is 6.98. The monoisotopic (exact) mass is 302 g/mol. The van der Waals surface area contributed by atoms with Gasteiger partial charge in [-0.3, -0.25) is 10.1 Å². The molecule has 1 aromatic heterocycles. The van der Waals surface area contributed by atoms with Gasteiger partial charge in [-0.1, -0.05) is 30.5 Å². The maximum absolute atomic E-state index is 11.2. The lowest BCUT2D eigenvalue weighted by Gasteiger charge is -2.29. The number of benzene rings is 1. The van der Waals surface area contributed by atoms with Crippen LogP contribution in [0.2, 0.25) is 0 Å². The molecule has 1 saturated carbocycles. The highest BCUT2D eigenvalue weighted by Crippen LogP contribution is 2.35. The van der Waals surface area contributed by atoms with E-state index in [-0.39, 0.29) is 11.6 Å². The first-order valence-electron chi connectivity index (χ1n) is 7.38. The van der Waals surface area contributed by atoms with Crippen LogP contribution in [0.1, 0.15) is 43.5 Å². The van der Waals surface area contributed by atoms with Crippen LogP contribution in [-0.4, -0.2) is 15.1 Å². The van der Waals surface area contributed by atoms with Gasteiger partial charge in [0.2, 0.25) is 0 Å². The molecule has 1 aliphatic carbocycles. The minimum absolute atomic E-state index is 0.0458. The van der Waals surface area contributed by atoms with Crippen LogP contribution in [0.15, 0.2) is 22.7 Å². The minimum Gasteiger partial charge on any atom is -0.334 e. The number of hydrogen-bond acceptors (Lipinski definition) is 6. The first-order valence-corrected chi connectivity index (χ1v) is 7.38. The van der Waals surface area contributed by atoms with Crippen molar-refractivity contribution in [2.45, 2.75) is 44.6 Å². The van der Waals surface area contributed by atoms with Crippen LogP contribution in [0.4, 0.5) is 5.69 Å². The molecule has 2 aromatic rings. The lowest BCUT2D eigenvalue weighted by molar-refractivity contribution is -0.384. The van der Waals surface area contributed by atoms with Crippen LogP contribution in [0.3, 0.4) is 0 Å². The molecule has 7 nitrogen and oxygen atoms in total. The number of aromatic nitrogens is 2. The van der Waals surface area contributed by atoms with Crippen LogP contribution in [0, 0.1) is 17.0 Å². The Morgan fingerprint density at radius 3 is 2.73 bits per heavy atom. The third-order valence-corrected chi connectivity index (χ3v) is 4.20. The van der Waals surface area contributed by atoms with Gasteiger partial charge in [-0.15, -0.1) is 0 Å². The number of nitro benzene ring substituents is 1. The van der Waals surface area contributed by atoms with E-state index in [1.165, 1.54) is 6.07 Å². The third kappa shape index (κ3) is 2.59. The molecule has 3 rings (SSSR count). The molecule has 2 N–H and O–H groups in total. The van der Waals surface area contributed by atoms with Crippen molar-refractivity contribution in [3.63, 3.8) is 0 Å². The van der Waals surface area contributed by atoms with Gasteiger partial charge in [-0.05, 0) is 31.4 Å². The molecule has 0 atom stereocenters. The number of rotatable bonds is 3. The molecule has 1 heterocycles. The maximum Gasteiger partial charge on any atom is 0.282 e. The lowest BCUT2D eigenvalue weighted by Crippen LogP contribution is -2.39. The third-order valence-electron chi connectivity index (χ3n) is 4.20. The van der Waals surface area contributed by atoms with Gasteiger partial charge in [0.05, 0.1) is 10.5 Å². The zero-order chi connectivity index (χ0) is 15.7. The first kappa shape index (κ1) is 14.6. The molecule has 116 valence electrons. The second-order valence-corrected chi connectivity index (χ2v) is 5.92. The molecule has 0 spiro atoms. The van der Waals surface area contributed by atoms with Crippen molar-refractivity contribution in [2.75, 3.05) is 0 Å². The molecule has 0 saturated heterocycles. The highest BCUT2D eigenvalue weighted by atomic mass is 16.6. The number of nitro groups is 1. The highest BCUT2D eigenvalue weighted by molar-refractivity contribution is 5.67. The Hall–Kier alpha value is -2.28. The summed E-state index contributed by atoms with van der Waals surface area (Å²) in [4.78, 5) is 15.1. The minimum atomic E-state index is -0.585. The van der Waals surface area contributed by atoms with Gasteiger partial charge >= 0.3 is 0 Å². The number of nitrogens with two attached hydrogens (primary N) is 1. The fourth-order valence-corrected chi connectivity index (χ4v) is 2.92. The van der Waals surface area contributed by atoms with E-state index in [0.717, 1.165) is 37.7 Å². The van der Waals surface area contributed by atoms with E-state index in [9.17, 15) is 10.1 Å². The number of nitrogens with zero attached hydrogens (tertiary/aromatic N) is 3. The quantitative estimate of drug-likeness (QED) is 0.689. The smallest absolute Gasteiger partial charge is 0.282 e.